The maximum absolute atomic E-state index is 10.7. The van der Waals surface area contributed by atoms with Gasteiger partial charge in [-0.2, -0.15) is 0 Å². The average molecular weight is 155 g/mol. The Bertz CT molecular complexity index is 212. The molecular weight excluding hydrogens is 146 g/mol. The number of hydrogen-bond acceptors (Lipinski definition) is 2. The number of Topliss-reactive ketones (excluding diaryl/α,β-unsaturated/α-hetero) is 1. The number of nitrogens with one attached hydrogen (secondary N) is 1. The molecule has 4 heteroatoms. The van der Waals surface area contributed by atoms with Gasteiger partial charge in [-0.25, -0.2) is 4.79 Å². The van der Waals surface area contributed by atoms with Crippen LogP contribution in [0, 0.1) is 11.8 Å². The molecule has 1 amide bonds. The molecule has 0 aromatic rings. The zero-order chi connectivity index (χ0) is 8.01. The molecule has 4 nitrogen and oxygen atoms in total. The second kappa shape index (κ2) is 1.96. The Balaban J connectivity index is 1.88. The van der Waals surface area contributed by atoms with E-state index in [9.17, 15) is 9.59 Å². The maximum Gasteiger partial charge on any atom is 0.404 e. The monoisotopic (exact) mass is 155 g/mol. The van der Waals surface area contributed by atoms with Gasteiger partial charge in [-0.15, -0.1) is 0 Å². The first-order valence-corrected chi connectivity index (χ1v) is 3.69. The third-order valence-electron chi connectivity index (χ3n) is 2.55. The van der Waals surface area contributed by atoms with Gasteiger partial charge >= 0.3 is 6.09 Å². The second-order valence-electron chi connectivity index (χ2n) is 3.25. The van der Waals surface area contributed by atoms with Crippen molar-refractivity contribution in [3.8, 4) is 0 Å². The Hall–Kier alpha value is -1.06. The molecule has 2 rings (SSSR count). The molecule has 11 heavy (non-hydrogen) atoms. The molecule has 0 unspecified atom stereocenters. The fourth-order valence-electron chi connectivity index (χ4n) is 1.97. The van der Waals surface area contributed by atoms with Crippen LogP contribution in [0.5, 0.6) is 0 Å². The van der Waals surface area contributed by atoms with Crippen molar-refractivity contribution in [2.24, 2.45) is 11.8 Å². The fraction of sp³-hybridized carbons (Fsp3) is 0.714. The average Bonchev–Trinajstić information content (AvgIpc) is 2.43. The molecule has 2 aliphatic carbocycles. The van der Waals surface area contributed by atoms with Gasteiger partial charge in [0.25, 0.3) is 0 Å². The zero-order valence-electron chi connectivity index (χ0n) is 5.91. The summed E-state index contributed by atoms with van der Waals surface area (Å²) in [7, 11) is 0. The highest BCUT2D eigenvalue weighted by atomic mass is 16.4. The zero-order valence-corrected chi connectivity index (χ0v) is 5.91. The lowest BCUT2D eigenvalue weighted by atomic mass is 10.2. The van der Waals surface area contributed by atoms with E-state index in [2.05, 4.69) is 5.32 Å². The number of fused-ring (bicyclic) bond motifs is 1. The number of carbonyl (C=O) groups is 2. The van der Waals surface area contributed by atoms with Crippen molar-refractivity contribution in [2.45, 2.75) is 18.9 Å². The molecule has 0 bridgehead atoms. The van der Waals surface area contributed by atoms with Crippen molar-refractivity contribution in [2.75, 3.05) is 0 Å². The van der Waals surface area contributed by atoms with Gasteiger partial charge in [-0.3, -0.25) is 4.79 Å². The van der Waals surface area contributed by atoms with Crippen molar-refractivity contribution in [3.05, 3.63) is 0 Å². The Morgan fingerprint density at radius 1 is 1.45 bits per heavy atom. The summed E-state index contributed by atoms with van der Waals surface area (Å²) in [4.78, 5) is 20.9. The van der Waals surface area contributed by atoms with E-state index in [-0.39, 0.29) is 11.8 Å². The minimum Gasteiger partial charge on any atom is -0.465 e. The number of carboxylic acid groups (broad SMARTS) is 1. The van der Waals surface area contributed by atoms with E-state index < -0.39 is 6.09 Å². The Labute approximate surface area is 63.6 Å². The summed E-state index contributed by atoms with van der Waals surface area (Å²) < 4.78 is 0. The summed E-state index contributed by atoms with van der Waals surface area (Å²) >= 11 is 0. The van der Waals surface area contributed by atoms with Crippen LogP contribution >= 0.6 is 0 Å². The first kappa shape index (κ1) is 6.64. The highest BCUT2D eigenvalue weighted by Gasteiger charge is 2.56. The largest absolute Gasteiger partial charge is 0.465 e. The van der Waals surface area contributed by atoms with Crippen LogP contribution < -0.4 is 5.32 Å². The van der Waals surface area contributed by atoms with Gasteiger partial charge in [-0.05, 0) is 11.8 Å². The van der Waals surface area contributed by atoms with E-state index in [1.54, 1.807) is 0 Å². The lowest BCUT2D eigenvalue weighted by Crippen LogP contribution is -2.27. The van der Waals surface area contributed by atoms with Crippen LogP contribution in [0.25, 0.3) is 0 Å². The van der Waals surface area contributed by atoms with Crippen LogP contribution in [0.4, 0.5) is 4.79 Å². The maximum atomic E-state index is 10.7. The molecule has 0 saturated heterocycles. The molecule has 0 aromatic carbocycles. The molecule has 0 heterocycles. The Morgan fingerprint density at radius 2 is 2.00 bits per heavy atom. The van der Waals surface area contributed by atoms with Crippen molar-refractivity contribution in [1.29, 1.82) is 0 Å². The van der Waals surface area contributed by atoms with Crippen molar-refractivity contribution < 1.29 is 14.7 Å². The summed E-state index contributed by atoms with van der Waals surface area (Å²) in [5.74, 6) is 0.917. The minimum atomic E-state index is -0.975. The summed E-state index contributed by atoms with van der Waals surface area (Å²) in [6.45, 7) is 0. The van der Waals surface area contributed by atoms with Crippen LogP contribution in [0.1, 0.15) is 12.8 Å². The van der Waals surface area contributed by atoms with E-state index in [0.717, 1.165) is 0 Å². The number of hydrogen-bond donors (Lipinski definition) is 2. The van der Waals surface area contributed by atoms with Crippen LogP contribution in [0.15, 0.2) is 0 Å². The number of rotatable bonds is 1. The number of ketones is 1. The molecule has 2 saturated carbocycles. The van der Waals surface area contributed by atoms with Crippen LogP contribution in [0.3, 0.4) is 0 Å². The molecule has 3 atom stereocenters. The van der Waals surface area contributed by atoms with Gasteiger partial charge < -0.3 is 10.4 Å². The topological polar surface area (TPSA) is 66.4 Å². The van der Waals surface area contributed by atoms with Gasteiger partial charge in [0.15, 0.2) is 0 Å². The van der Waals surface area contributed by atoms with Crippen LogP contribution in [-0.4, -0.2) is 23.0 Å². The van der Waals surface area contributed by atoms with Gasteiger partial charge in [-0.1, -0.05) is 0 Å². The third kappa shape index (κ3) is 0.982. The molecule has 2 fully saturated rings. The second-order valence-corrected chi connectivity index (χ2v) is 3.25. The molecule has 2 aliphatic rings. The van der Waals surface area contributed by atoms with Gasteiger partial charge in [0.05, 0.1) is 0 Å². The standard InChI is InChI=1S/C7H9NO3/c9-3-1-4-5(2-3)6(4)8-7(10)11/h4-6,8H,1-2H2,(H,10,11)/t4-,5+,6+. The molecule has 0 spiro atoms. The smallest absolute Gasteiger partial charge is 0.404 e. The quantitative estimate of drug-likeness (QED) is 0.569. The molecular formula is C7H9NO3. The Morgan fingerprint density at radius 3 is 2.45 bits per heavy atom. The molecule has 0 aromatic heterocycles. The van der Waals surface area contributed by atoms with Gasteiger partial charge in [0, 0.05) is 18.9 Å². The highest BCUT2D eigenvalue weighted by molar-refractivity contribution is 5.83. The summed E-state index contributed by atoms with van der Waals surface area (Å²) in [5, 5.41) is 10.8. The summed E-state index contributed by atoms with van der Waals surface area (Å²) in [6, 6.07) is 0.0743. The van der Waals surface area contributed by atoms with Crippen molar-refractivity contribution in [3.63, 3.8) is 0 Å². The first-order valence-electron chi connectivity index (χ1n) is 3.69. The van der Waals surface area contributed by atoms with Gasteiger partial charge in [0.2, 0.25) is 0 Å². The van der Waals surface area contributed by atoms with E-state index >= 15 is 0 Å². The van der Waals surface area contributed by atoms with Crippen molar-refractivity contribution >= 4 is 11.9 Å². The van der Waals surface area contributed by atoms with Crippen LogP contribution in [0.2, 0.25) is 0 Å². The molecule has 60 valence electrons. The first-order chi connectivity index (χ1) is 5.18. The van der Waals surface area contributed by atoms with E-state index in [0.29, 0.717) is 24.7 Å². The summed E-state index contributed by atoms with van der Waals surface area (Å²) in [6.07, 6.45) is 0.183. The summed E-state index contributed by atoms with van der Waals surface area (Å²) in [5.41, 5.74) is 0. The van der Waals surface area contributed by atoms with E-state index in [1.807, 2.05) is 0 Å². The van der Waals surface area contributed by atoms with Crippen LogP contribution in [-0.2, 0) is 4.79 Å². The predicted molar refractivity (Wildman–Crippen MR) is 36.2 cm³/mol. The third-order valence-corrected chi connectivity index (χ3v) is 2.55. The highest BCUT2D eigenvalue weighted by Crippen LogP contribution is 2.50. The lowest BCUT2D eigenvalue weighted by molar-refractivity contribution is -0.118. The number of carbonyl (C=O) groups excluding carboxylic acids is 1. The SMILES string of the molecule is O=C1C[C@@H]2[C@H](C1)[C@H]2NC(=O)O. The van der Waals surface area contributed by atoms with E-state index in [4.69, 9.17) is 5.11 Å². The fourth-order valence-corrected chi connectivity index (χ4v) is 1.97. The molecule has 0 radical (unpaired) electrons. The molecule has 2 N–H and O–H groups in total. The van der Waals surface area contributed by atoms with Gasteiger partial charge in [0.1, 0.15) is 5.78 Å². The minimum absolute atomic E-state index is 0.0743. The predicted octanol–water partition coefficient (Wildman–Crippen LogP) is 0.232. The number of amides is 1. The normalized spacial score (nSPS) is 40.0. The Kier molecular flexibility index (Phi) is 1.19. The van der Waals surface area contributed by atoms with E-state index in [1.165, 1.54) is 0 Å². The van der Waals surface area contributed by atoms with Crippen molar-refractivity contribution in [1.82, 2.24) is 5.32 Å². The lowest BCUT2D eigenvalue weighted by Gasteiger charge is -2.00. The molecule has 0 aliphatic heterocycles.